The lowest BCUT2D eigenvalue weighted by molar-refractivity contribution is 0.102. The van der Waals surface area contributed by atoms with E-state index in [4.69, 9.17) is 4.42 Å². The van der Waals surface area contributed by atoms with Crippen LogP contribution in [0.4, 0.5) is 9.57 Å². The van der Waals surface area contributed by atoms with Crippen LogP contribution in [-0.2, 0) is 10.2 Å². The van der Waals surface area contributed by atoms with Crippen molar-refractivity contribution in [3.8, 4) is 0 Å². The van der Waals surface area contributed by atoms with Crippen LogP contribution in [0.2, 0.25) is 0 Å². The Morgan fingerprint density at radius 3 is 2.29 bits per heavy atom. The van der Waals surface area contributed by atoms with Crippen molar-refractivity contribution in [1.29, 1.82) is 0 Å². The molecule has 1 heterocycles. The van der Waals surface area contributed by atoms with Gasteiger partial charge in [0.15, 0.2) is 0 Å². The topological polar surface area (TPSA) is 76.4 Å². The van der Waals surface area contributed by atoms with Crippen LogP contribution in [0.3, 0.4) is 0 Å². The number of aryl methyl sites for hydroxylation is 2. The van der Waals surface area contributed by atoms with Gasteiger partial charge in [0.05, 0.1) is 11.3 Å². The SMILES string of the molecule is Cc1oc(C)c(C(=O)Nc2ccccc2S(=O)(=O)F)c1C. The lowest BCUT2D eigenvalue weighted by Gasteiger charge is -2.08. The van der Waals surface area contributed by atoms with Crippen molar-refractivity contribution in [1.82, 2.24) is 0 Å². The fraction of sp³-hybridized carbons (Fsp3) is 0.214. The maximum absolute atomic E-state index is 13.2. The first-order chi connectivity index (χ1) is 9.71. The number of hydrogen-bond donors (Lipinski definition) is 1. The molecule has 1 amide bonds. The summed E-state index contributed by atoms with van der Waals surface area (Å²) in [6, 6.07) is 5.29. The van der Waals surface area contributed by atoms with E-state index >= 15 is 0 Å². The van der Waals surface area contributed by atoms with E-state index in [-0.39, 0.29) is 5.69 Å². The summed E-state index contributed by atoms with van der Waals surface area (Å²) in [6.07, 6.45) is 0. The molecule has 0 bridgehead atoms. The summed E-state index contributed by atoms with van der Waals surface area (Å²) < 4.78 is 40.7. The van der Waals surface area contributed by atoms with E-state index in [0.29, 0.717) is 22.6 Å². The molecule has 112 valence electrons. The largest absolute Gasteiger partial charge is 0.466 e. The molecule has 0 fully saturated rings. The third-order valence-electron chi connectivity index (χ3n) is 3.19. The Balaban J connectivity index is 2.42. The van der Waals surface area contributed by atoms with E-state index in [1.54, 1.807) is 20.8 Å². The average Bonchev–Trinajstić information content (AvgIpc) is 2.62. The third kappa shape index (κ3) is 2.97. The summed E-state index contributed by atoms with van der Waals surface area (Å²) in [5.41, 5.74) is 0.867. The number of hydrogen-bond acceptors (Lipinski definition) is 4. The number of rotatable bonds is 3. The fourth-order valence-electron chi connectivity index (χ4n) is 2.09. The lowest BCUT2D eigenvalue weighted by Crippen LogP contribution is -2.15. The number of carbonyl (C=O) groups is 1. The summed E-state index contributed by atoms with van der Waals surface area (Å²) in [6.45, 7) is 5.07. The Hall–Kier alpha value is -2.15. The van der Waals surface area contributed by atoms with Gasteiger partial charge < -0.3 is 9.73 Å². The fourth-order valence-corrected chi connectivity index (χ4v) is 2.72. The number of furan rings is 1. The predicted octanol–water partition coefficient (Wildman–Crippen LogP) is 3.12. The summed E-state index contributed by atoms with van der Waals surface area (Å²) in [5, 5.41) is 2.41. The van der Waals surface area contributed by atoms with Crippen LogP contribution >= 0.6 is 0 Å². The second kappa shape index (κ2) is 5.33. The van der Waals surface area contributed by atoms with Crippen LogP contribution in [-0.4, -0.2) is 14.3 Å². The standard InChI is InChI=1S/C14H14FNO4S/c1-8-9(2)20-10(3)13(8)14(17)16-11-6-4-5-7-12(11)21(15,18)19/h4-7H,1-3H3,(H,16,17). The molecule has 0 aliphatic carbocycles. The quantitative estimate of drug-likeness (QED) is 0.884. The van der Waals surface area contributed by atoms with Crippen LogP contribution in [0.25, 0.3) is 0 Å². The summed E-state index contributed by atoms with van der Waals surface area (Å²) in [4.78, 5) is 11.7. The lowest BCUT2D eigenvalue weighted by atomic mass is 10.1. The minimum absolute atomic E-state index is 0.109. The van der Waals surface area contributed by atoms with Crippen LogP contribution in [0.15, 0.2) is 33.6 Å². The van der Waals surface area contributed by atoms with Crippen LogP contribution in [0.1, 0.15) is 27.4 Å². The smallest absolute Gasteiger partial charge is 0.334 e. The Labute approximate surface area is 122 Å². The molecule has 2 aromatic rings. The summed E-state index contributed by atoms with van der Waals surface area (Å²) in [5.74, 6) is 0.477. The molecule has 0 atom stereocenters. The minimum atomic E-state index is -4.91. The van der Waals surface area contributed by atoms with Gasteiger partial charge in [-0.05, 0) is 32.9 Å². The molecule has 1 aromatic heterocycles. The van der Waals surface area contributed by atoms with Gasteiger partial charge in [0.2, 0.25) is 0 Å². The number of carbonyl (C=O) groups excluding carboxylic acids is 1. The van der Waals surface area contributed by atoms with E-state index in [9.17, 15) is 17.1 Å². The monoisotopic (exact) mass is 311 g/mol. The maximum atomic E-state index is 13.2. The number of benzene rings is 1. The molecule has 0 saturated carbocycles. The van der Waals surface area contributed by atoms with Crippen molar-refractivity contribution in [3.63, 3.8) is 0 Å². The van der Waals surface area contributed by atoms with Gasteiger partial charge in [-0.15, -0.1) is 3.89 Å². The molecule has 0 aliphatic heterocycles. The molecule has 21 heavy (non-hydrogen) atoms. The third-order valence-corrected chi connectivity index (χ3v) is 4.07. The summed E-state index contributed by atoms with van der Waals surface area (Å²) in [7, 11) is -4.91. The number of nitrogens with one attached hydrogen (secondary N) is 1. The molecule has 2 rings (SSSR count). The zero-order valence-electron chi connectivity index (χ0n) is 11.7. The van der Waals surface area contributed by atoms with Gasteiger partial charge in [0.25, 0.3) is 5.91 Å². The highest BCUT2D eigenvalue weighted by molar-refractivity contribution is 7.86. The molecule has 1 N–H and O–H groups in total. The highest BCUT2D eigenvalue weighted by Crippen LogP contribution is 2.26. The van der Waals surface area contributed by atoms with Crippen LogP contribution in [0.5, 0.6) is 0 Å². The highest BCUT2D eigenvalue weighted by atomic mass is 32.3. The molecule has 0 spiro atoms. The van der Waals surface area contributed by atoms with Crippen molar-refractivity contribution in [2.45, 2.75) is 25.7 Å². The second-order valence-electron chi connectivity index (χ2n) is 4.60. The highest BCUT2D eigenvalue weighted by Gasteiger charge is 2.22. The Morgan fingerprint density at radius 2 is 1.76 bits per heavy atom. The van der Waals surface area contributed by atoms with E-state index in [2.05, 4.69) is 5.32 Å². The number of anilines is 1. The van der Waals surface area contributed by atoms with Crippen molar-refractivity contribution in [2.75, 3.05) is 5.32 Å². The first-order valence-corrected chi connectivity index (χ1v) is 7.52. The summed E-state index contributed by atoms with van der Waals surface area (Å²) >= 11 is 0. The van der Waals surface area contributed by atoms with Gasteiger partial charge in [0, 0.05) is 5.56 Å². The molecule has 0 radical (unpaired) electrons. The van der Waals surface area contributed by atoms with Crippen LogP contribution < -0.4 is 5.32 Å². The molecule has 7 heteroatoms. The molecule has 0 unspecified atom stereocenters. The van der Waals surface area contributed by atoms with Gasteiger partial charge in [0.1, 0.15) is 16.4 Å². The Morgan fingerprint density at radius 1 is 1.14 bits per heavy atom. The van der Waals surface area contributed by atoms with Crippen molar-refractivity contribution in [3.05, 3.63) is 46.9 Å². The van der Waals surface area contributed by atoms with Crippen molar-refractivity contribution < 1.29 is 21.5 Å². The predicted molar refractivity (Wildman–Crippen MR) is 75.6 cm³/mol. The van der Waals surface area contributed by atoms with E-state index in [0.717, 1.165) is 6.07 Å². The minimum Gasteiger partial charge on any atom is -0.466 e. The van der Waals surface area contributed by atoms with E-state index in [1.165, 1.54) is 18.2 Å². The zero-order chi connectivity index (χ0) is 15.8. The normalized spacial score (nSPS) is 11.4. The number of amides is 1. The van der Waals surface area contributed by atoms with E-state index in [1.807, 2.05) is 0 Å². The van der Waals surface area contributed by atoms with E-state index < -0.39 is 21.0 Å². The van der Waals surface area contributed by atoms with Gasteiger partial charge in [-0.3, -0.25) is 4.79 Å². The van der Waals surface area contributed by atoms with Crippen LogP contribution in [0, 0.1) is 20.8 Å². The maximum Gasteiger partial charge on any atom is 0.334 e. The molecule has 5 nitrogen and oxygen atoms in total. The van der Waals surface area contributed by atoms with Gasteiger partial charge >= 0.3 is 10.2 Å². The first-order valence-electron chi connectivity index (χ1n) is 6.13. The van der Waals surface area contributed by atoms with Crippen molar-refractivity contribution in [2.24, 2.45) is 0 Å². The van der Waals surface area contributed by atoms with Gasteiger partial charge in [-0.1, -0.05) is 12.1 Å². The van der Waals surface area contributed by atoms with Crippen molar-refractivity contribution >= 4 is 21.8 Å². The Bertz CT molecular complexity index is 808. The molecular weight excluding hydrogens is 297 g/mol. The molecule has 0 saturated heterocycles. The Kier molecular flexibility index (Phi) is 3.87. The molecule has 1 aromatic carbocycles. The molecular formula is C14H14FNO4S. The number of para-hydroxylation sites is 1. The first kappa shape index (κ1) is 15.2. The van der Waals surface area contributed by atoms with Gasteiger partial charge in [-0.25, -0.2) is 0 Å². The molecule has 0 aliphatic rings. The second-order valence-corrected chi connectivity index (χ2v) is 5.92. The average molecular weight is 311 g/mol. The zero-order valence-corrected chi connectivity index (χ0v) is 12.5. The van der Waals surface area contributed by atoms with Gasteiger partial charge in [-0.2, -0.15) is 8.42 Å². The number of halogens is 1.